The lowest BCUT2D eigenvalue weighted by Gasteiger charge is -2.30. The summed E-state index contributed by atoms with van der Waals surface area (Å²) in [5.74, 6) is 1.92. The van der Waals surface area contributed by atoms with Crippen molar-refractivity contribution >= 4 is 29.9 Å². The van der Waals surface area contributed by atoms with Gasteiger partial charge in [0.2, 0.25) is 0 Å². The first-order valence-electron chi connectivity index (χ1n) is 10.1. The van der Waals surface area contributed by atoms with Gasteiger partial charge in [-0.05, 0) is 34.1 Å². The Kier molecular flexibility index (Phi) is 14.6. The summed E-state index contributed by atoms with van der Waals surface area (Å²) < 4.78 is 2.09. The van der Waals surface area contributed by atoms with Gasteiger partial charge in [-0.25, -0.2) is 0 Å². The van der Waals surface area contributed by atoms with Crippen molar-refractivity contribution in [2.24, 2.45) is 4.99 Å². The Morgan fingerprint density at radius 3 is 2.41 bits per heavy atom. The number of nitrogens with one attached hydrogen (secondary N) is 2. The largest absolute Gasteiger partial charge is 0.355 e. The summed E-state index contributed by atoms with van der Waals surface area (Å²) in [6, 6.07) is 1.10. The van der Waals surface area contributed by atoms with Crippen molar-refractivity contribution in [2.75, 3.05) is 26.2 Å². The third kappa shape index (κ3) is 10.3. The second-order valence-corrected chi connectivity index (χ2v) is 7.16. The van der Waals surface area contributed by atoms with Gasteiger partial charge in [0, 0.05) is 51.2 Å². The molecule has 0 fully saturated rings. The van der Waals surface area contributed by atoms with Crippen LogP contribution in [-0.2, 0) is 13.0 Å². The highest BCUT2D eigenvalue weighted by molar-refractivity contribution is 14.0. The Morgan fingerprint density at radius 1 is 1.15 bits per heavy atom. The fourth-order valence-electron chi connectivity index (χ4n) is 2.97. The number of aliphatic imine (C=N–C) groups is 1. The zero-order chi connectivity index (χ0) is 19.4. The zero-order valence-electron chi connectivity index (χ0n) is 18.0. The molecule has 0 bridgehead atoms. The molecule has 1 rings (SSSR count). The predicted octanol–water partition coefficient (Wildman–Crippen LogP) is 2.91. The molecule has 0 atom stereocenters. The number of rotatable bonds is 12. The number of halogens is 1. The Bertz CT molecular complexity index is 506. The van der Waals surface area contributed by atoms with Gasteiger partial charge in [-0.3, -0.25) is 9.89 Å². The van der Waals surface area contributed by atoms with Crippen LogP contribution < -0.4 is 10.6 Å². The van der Waals surface area contributed by atoms with Crippen LogP contribution in [0.15, 0.2) is 11.3 Å². The maximum absolute atomic E-state index is 4.70. The van der Waals surface area contributed by atoms with E-state index in [4.69, 9.17) is 4.99 Å². The monoisotopic (exact) mass is 493 g/mol. The van der Waals surface area contributed by atoms with Gasteiger partial charge in [-0.1, -0.05) is 20.3 Å². The molecule has 0 saturated carbocycles. The van der Waals surface area contributed by atoms with E-state index in [1.54, 1.807) is 6.33 Å². The van der Waals surface area contributed by atoms with E-state index in [9.17, 15) is 0 Å². The average molecular weight is 493 g/mol. The highest BCUT2D eigenvalue weighted by Gasteiger charge is 2.12. The average Bonchev–Trinajstić information content (AvgIpc) is 3.05. The Morgan fingerprint density at radius 2 is 1.81 bits per heavy atom. The van der Waals surface area contributed by atoms with Gasteiger partial charge in [0.1, 0.15) is 12.2 Å². The van der Waals surface area contributed by atoms with Gasteiger partial charge in [0.25, 0.3) is 0 Å². The Labute approximate surface area is 182 Å². The molecule has 1 heterocycles. The van der Waals surface area contributed by atoms with E-state index in [0.29, 0.717) is 12.1 Å². The van der Waals surface area contributed by atoms with Gasteiger partial charge in [0.05, 0.1) is 0 Å². The van der Waals surface area contributed by atoms with Crippen LogP contribution in [-0.4, -0.2) is 63.9 Å². The van der Waals surface area contributed by atoms with Crippen LogP contribution >= 0.6 is 24.0 Å². The van der Waals surface area contributed by atoms with Crippen molar-refractivity contribution in [1.29, 1.82) is 0 Å². The number of hydrogen-bond acceptors (Lipinski definition) is 4. The Balaban J connectivity index is 0.00000676. The minimum atomic E-state index is 0. The lowest BCUT2D eigenvalue weighted by atomic mass is 10.2. The van der Waals surface area contributed by atoms with Gasteiger partial charge in [-0.2, -0.15) is 0 Å². The first-order valence-corrected chi connectivity index (χ1v) is 10.1. The second kappa shape index (κ2) is 15.1. The third-order valence-corrected chi connectivity index (χ3v) is 4.43. The smallest absolute Gasteiger partial charge is 0.191 e. The van der Waals surface area contributed by atoms with Gasteiger partial charge >= 0.3 is 0 Å². The molecule has 0 aliphatic carbocycles. The van der Waals surface area contributed by atoms with E-state index in [0.717, 1.165) is 63.8 Å². The standard InChI is InChI=1S/C19H39N7.HI/c1-7-9-10-20-19(22-12-14-26(16(3)4)17(5)6)21-11-13-25-15-23-24-18(25)8-2;/h15-17H,7-14H2,1-6H3,(H2,20,21,22);1H. The second-order valence-electron chi connectivity index (χ2n) is 7.16. The number of aryl methyl sites for hydroxylation is 1. The van der Waals surface area contributed by atoms with Crippen LogP contribution in [0.2, 0.25) is 0 Å². The minimum absolute atomic E-state index is 0. The molecule has 0 spiro atoms. The van der Waals surface area contributed by atoms with E-state index in [1.807, 2.05) is 0 Å². The summed E-state index contributed by atoms with van der Waals surface area (Å²) in [5, 5.41) is 15.0. The van der Waals surface area contributed by atoms with E-state index in [1.165, 1.54) is 0 Å². The van der Waals surface area contributed by atoms with Crippen molar-refractivity contribution < 1.29 is 0 Å². The summed E-state index contributed by atoms with van der Waals surface area (Å²) in [6.45, 7) is 17.7. The summed E-state index contributed by atoms with van der Waals surface area (Å²) in [7, 11) is 0. The van der Waals surface area contributed by atoms with Crippen molar-refractivity contribution in [3.8, 4) is 0 Å². The summed E-state index contributed by atoms with van der Waals surface area (Å²) >= 11 is 0. The van der Waals surface area contributed by atoms with Gasteiger partial charge in [-0.15, -0.1) is 34.2 Å². The molecule has 158 valence electrons. The van der Waals surface area contributed by atoms with Crippen molar-refractivity contribution in [2.45, 2.75) is 79.4 Å². The van der Waals surface area contributed by atoms with Crippen LogP contribution in [0.1, 0.15) is 60.2 Å². The normalized spacial score (nSPS) is 12.0. The predicted molar refractivity (Wildman–Crippen MR) is 125 cm³/mol. The molecule has 0 amide bonds. The van der Waals surface area contributed by atoms with E-state index >= 15 is 0 Å². The number of aromatic nitrogens is 3. The first-order chi connectivity index (χ1) is 12.5. The van der Waals surface area contributed by atoms with Crippen molar-refractivity contribution in [3.63, 3.8) is 0 Å². The maximum Gasteiger partial charge on any atom is 0.191 e. The maximum atomic E-state index is 4.70. The number of guanidine groups is 1. The highest BCUT2D eigenvalue weighted by atomic mass is 127. The molecule has 27 heavy (non-hydrogen) atoms. The van der Waals surface area contributed by atoms with Crippen LogP contribution in [0.3, 0.4) is 0 Å². The van der Waals surface area contributed by atoms with Crippen LogP contribution in [0, 0.1) is 0 Å². The molecule has 0 saturated heterocycles. The third-order valence-electron chi connectivity index (χ3n) is 4.43. The molecular weight excluding hydrogens is 453 g/mol. The fraction of sp³-hybridized carbons (Fsp3) is 0.842. The molecule has 7 nitrogen and oxygen atoms in total. The molecule has 8 heteroatoms. The van der Waals surface area contributed by atoms with Crippen molar-refractivity contribution in [3.05, 3.63) is 12.2 Å². The molecule has 1 aromatic rings. The van der Waals surface area contributed by atoms with Crippen LogP contribution in [0.4, 0.5) is 0 Å². The SMILES string of the molecule is CCCCN=C(NCCN(C(C)C)C(C)C)NCCn1cnnc1CC.I. The van der Waals surface area contributed by atoms with E-state index in [2.05, 4.69) is 71.8 Å². The van der Waals surface area contributed by atoms with Gasteiger partial charge < -0.3 is 15.2 Å². The molecule has 0 aliphatic heterocycles. The number of unbranched alkanes of at least 4 members (excludes halogenated alkanes) is 1. The van der Waals surface area contributed by atoms with Crippen molar-refractivity contribution in [1.82, 2.24) is 30.3 Å². The highest BCUT2D eigenvalue weighted by Crippen LogP contribution is 2.03. The minimum Gasteiger partial charge on any atom is -0.355 e. The molecule has 0 aliphatic rings. The molecule has 1 aromatic heterocycles. The molecule has 0 radical (unpaired) electrons. The number of hydrogen-bond donors (Lipinski definition) is 2. The van der Waals surface area contributed by atoms with Crippen LogP contribution in [0.5, 0.6) is 0 Å². The van der Waals surface area contributed by atoms with E-state index in [-0.39, 0.29) is 24.0 Å². The molecule has 0 unspecified atom stereocenters. The van der Waals surface area contributed by atoms with Gasteiger partial charge in [0.15, 0.2) is 5.96 Å². The zero-order valence-corrected chi connectivity index (χ0v) is 20.4. The Hall–Kier alpha value is -0.900. The lowest BCUT2D eigenvalue weighted by molar-refractivity contribution is 0.178. The summed E-state index contributed by atoms with van der Waals surface area (Å²) in [5.41, 5.74) is 0. The quantitative estimate of drug-likeness (QED) is 0.203. The lowest BCUT2D eigenvalue weighted by Crippen LogP contribution is -2.45. The summed E-state index contributed by atoms with van der Waals surface area (Å²) in [6.07, 6.45) is 4.97. The van der Waals surface area contributed by atoms with Crippen LogP contribution in [0.25, 0.3) is 0 Å². The molecular formula is C19H40IN7. The first kappa shape index (κ1) is 26.1. The molecule has 2 N–H and O–H groups in total. The molecule has 0 aromatic carbocycles. The van der Waals surface area contributed by atoms with E-state index < -0.39 is 0 Å². The fourth-order valence-corrected chi connectivity index (χ4v) is 2.97. The topological polar surface area (TPSA) is 70.4 Å². The number of nitrogens with zero attached hydrogens (tertiary/aromatic N) is 5. The summed E-state index contributed by atoms with van der Waals surface area (Å²) in [4.78, 5) is 7.18.